The fraction of sp³-hybridized carbons (Fsp3) is 0.538. The SMILES string of the molecule is Cc1ccc(N(C)CCCCCBr)cc1. The second-order valence-corrected chi connectivity index (χ2v) is 4.80. The first-order valence-corrected chi connectivity index (χ1v) is 6.70. The van der Waals surface area contributed by atoms with E-state index in [-0.39, 0.29) is 0 Å². The van der Waals surface area contributed by atoms with Gasteiger partial charge in [0, 0.05) is 24.6 Å². The lowest BCUT2D eigenvalue weighted by Gasteiger charge is -2.19. The number of nitrogens with zero attached hydrogens (tertiary/aromatic N) is 1. The number of rotatable bonds is 6. The van der Waals surface area contributed by atoms with Gasteiger partial charge in [0.2, 0.25) is 0 Å². The van der Waals surface area contributed by atoms with Gasteiger partial charge in [0.15, 0.2) is 0 Å². The topological polar surface area (TPSA) is 3.24 Å². The Kier molecular flexibility index (Phi) is 5.77. The smallest absolute Gasteiger partial charge is 0.0363 e. The van der Waals surface area contributed by atoms with Crippen LogP contribution in [0.2, 0.25) is 0 Å². The number of benzene rings is 1. The molecule has 0 N–H and O–H groups in total. The summed E-state index contributed by atoms with van der Waals surface area (Å²) in [5, 5.41) is 1.13. The predicted molar refractivity (Wildman–Crippen MR) is 72.1 cm³/mol. The molecule has 84 valence electrons. The van der Waals surface area contributed by atoms with Gasteiger partial charge in [0.1, 0.15) is 0 Å². The van der Waals surface area contributed by atoms with Crippen molar-refractivity contribution in [1.82, 2.24) is 0 Å². The second-order valence-electron chi connectivity index (χ2n) is 4.01. The molecule has 0 bridgehead atoms. The summed E-state index contributed by atoms with van der Waals surface area (Å²) in [4.78, 5) is 2.33. The van der Waals surface area contributed by atoms with Crippen LogP contribution in [0.3, 0.4) is 0 Å². The van der Waals surface area contributed by atoms with Crippen LogP contribution >= 0.6 is 15.9 Å². The summed E-state index contributed by atoms with van der Waals surface area (Å²) in [5.41, 5.74) is 2.64. The first kappa shape index (κ1) is 12.6. The molecule has 0 saturated heterocycles. The van der Waals surface area contributed by atoms with Crippen molar-refractivity contribution >= 4 is 21.6 Å². The molecule has 1 rings (SSSR count). The minimum Gasteiger partial charge on any atom is -0.375 e. The van der Waals surface area contributed by atoms with Crippen molar-refractivity contribution < 1.29 is 0 Å². The summed E-state index contributed by atoms with van der Waals surface area (Å²) in [6.45, 7) is 3.27. The summed E-state index contributed by atoms with van der Waals surface area (Å²) in [7, 11) is 2.17. The fourth-order valence-electron chi connectivity index (χ4n) is 1.55. The van der Waals surface area contributed by atoms with Crippen molar-refractivity contribution in [2.24, 2.45) is 0 Å². The van der Waals surface area contributed by atoms with E-state index in [0.29, 0.717) is 0 Å². The van der Waals surface area contributed by atoms with Gasteiger partial charge in [0.05, 0.1) is 0 Å². The van der Waals surface area contributed by atoms with Crippen LogP contribution in [0.25, 0.3) is 0 Å². The Morgan fingerprint density at radius 2 is 1.73 bits per heavy atom. The molecule has 0 atom stereocenters. The molecular formula is C13H20BrN. The Morgan fingerprint density at radius 3 is 2.33 bits per heavy atom. The van der Waals surface area contributed by atoms with Gasteiger partial charge >= 0.3 is 0 Å². The average Bonchev–Trinajstić information content (AvgIpc) is 2.25. The van der Waals surface area contributed by atoms with E-state index < -0.39 is 0 Å². The van der Waals surface area contributed by atoms with Crippen LogP contribution in [0.15, 0.2) is 24.3 Å². The van der Waals surface area contributed by atoms with E-state index in [1.165, 1.54) is 30.5 Å². The molecule has 0 aromatic heterocycles. The Labute approximate surface area is 102 Å². The zero-order valence-electron chi connectivity index (χ0n) is 9.67. The predicted octanol–water partition coefficient (Wildman–Crippen LogP) is 4.00. The monoisotopic (exact) mass is 269 g/mol. The van der Waals surface area contributed by atoms with Gasteiger partial charge in [0.25, 0.3) is 0 Å². The molecule has 0 aliphatic carbocycles. The highest BCUT2D eigenvalue weighted by atomic mass is 79.9. The van der Waals surface area contributed by atoms with Crippen LogP contribution in [0.5, 0.6) is 0 Å². The van der Waals surface area contributed by atoms with E-state index in [9.17, 15) is 0 Å². The van der Waals surface area contributed by atoms with Crippen molar-refractivity contribution in [3.63, 3.8) is 0 Å². The fourth-order valence-corrected chi connectivity index (χ4v) is 1.95. The van der Waals surface area contributed by atoms with E-state index in [2.05, 4.69) is 59.1 Å². The van der Waals surface area contributed by atoms with Gasteiger partial charge in [-0.3, -0.25) is 0 Å². The van der Waals surface area contributed by atoms with Crippen LogP contribution in [0.4, 0.5) is 5.69 Å². The van der Waals surface area contributed by atoms with Gasteiger partial charge in [-0.15, -0.1) is 0 Å². The molecule has 2 heteroatoms. The molecule has 0 amide bonds. The third-order valence-electron chi connectivity index (χ3n) is 2.60. The molecule has 1 nitrogen and oxygen atoms in total. The Hall–Kier alpha value is -0.500. The highest BCUT2D eigenvalue weighted by Gasteiger charge is 1.99. The highest BCUT2D eigenvalue weighted by Crippen LogP contribution is 2.14. The molecule has 0 radical (unpaired) electrons. The molecule has 1 aromatic carbocycles. The third kappa shape index (κ3) is 4.70. The molecule has 0 aliphatic rings. The zero-order valence-corrected chi connectivity index (χ0v) is 11.3. The van der Waals surface area contributed by atoms with Gasteiger partial charge in [-0.25, -0.2) is 0 Å². The number of hydrogen-bond donors (Lipinski definition) is 0. The van der Waals surface area contributed by atoms with E-state index >= 15 is 0 Å². The van der Waals surface area contributed by atoms with Gasteiger partial charge in [-0.1, -0.05) is 40.0 Å². The molecule has 0 heterocycles. The molecular weight excluding hydrogens is 250 g/mol. The summed E-state index contributed by atoms with van der Waals surface area (Å²) in [6.07, 6.45) is 3.86. The third-order valence-corrected chi connectivity index (χ3v) is 3.16. The van der Waals surface area contributed by atoms with Crippen LogP contribution in [-0.4, -0.2) is 18.9 Å². The molecule has 0 spiro atoms. The van der Waals surface area contributed by atoms with Crippen LogP contribution in [0, 0.1) is 6.92 Å². The standard InChI is InChI=1S/C13H20BrN/c1-12-6-8-13(9-7-12)15(2)11-5-3-4-10-14/h6-9H,3-5,10-11H2,1-2H3. The highest BCUT2D eigenvalue weighted by molar-refractivity contribution is 9.09. The van der Waals surface area contributed by atoms with Crippen LogP contribution in [-0.2, 0) is 0 Å². The van der Waals surface area contributed by atoms with Crippen LogP contribution in [0.1, 0.15) is 24.8 Å². The lowest BCUT2D eigenvalue weighted by atomic mass is 10.2. The number of aryl methyl sites for hydroxylation is 1. The molecule has 0 unspecified atom stereocenters. The normalized spacial score (nSPS) is 10.3. The van der Waals surface area contributed by atoms with Crippen LogP contribution < -0.4 is 4.90 Å². The van der Waals surface area contributed by atoms with Crippen molar-refractivity contribution in [3.05, 3.63) is 29.8 Å². The van der Waals surface area contributed by atoms with Crippen molar-refractivity contribution in [2.45, 2.75) is 26.2 Å². The number of unbranched alkanes of at least 4 members (excludes halogenated alkanes) is 2. The Morgan fingerprint density at radius 1 is 1.07 bits per heavy atom. The molecule has 0 aliphatic heterocycles. The van der Waals surface area contributed by atoms with E-state index in [1.807, 2.05) is 0 Å². The first-order chi connectivity index (χ1) is 7.24. The maximum atomic E-state index is 3.46. The van der Waals surface area contributed by atoms with Crippen molar-refractivity contribution in [1.29, 1.82) is 0 Å². The van der Waals surface area contributed by atoms with Gasteiger partial charge < -0.3 is 4.90 Å². The maximum absolute atomic E-state index is 3.46. The summed E-state index contributed by atoms with van der Waals surface area (Å²) >= 11 is 3.46. The number of halogens is 1. The molecule has 0 fully saturated rings. The zero-order chi connectivity index (χ0) is 11.1. The second kappa shape index (κ2) is 6.89. The molecule has 0 saturated carbocycles. The van der Waals surface area contributed by atoms with E-state index in [4.69, 9.17) is 0 Å². The summed E-state index contributed by atoms with van der Waals surface area (Å²) < 4.78 is 0. The lowest BCUT2D eigenvalue weighted by molar-refractivity contribution is 0.711. The number of anilines is 1. The average molecular weight is 270 g/mol. The molecule has 15 heavy (non-hydrogen) atoms. The summed E-state index contributed by atoms with van der Waals surface area (Å²) in [5.74, 6) is 0. The number of alkyl halides is 1. The lowest BCUT2D eigenvalue weighted by Crippen LogP contribution is -2.18. The maximum Gasteiger partial charge on any atom is 0.0363 e. The largest absolute Gasteiger partial charge is 0.375 e. The van der Waals surface area contributed by atoms with Gasteiger partial charge in [-0.05, 0) is 31.9 Å². The van der Waals surface area contributed by atoms with Crippen molar-refractivity contribution in [3.8, 4) is 0 Å². The Bertz CT molecular complexity index is 268. The number of hydrogen-bond acceptors (Lipinski definition) is 1. The molecule has 1 aromatic rings. The first-order valence-electron chi connectivity index (χ1n) is 5.58. The quantitative estimate of drug-likeness (QED) is 0.558. The van der Waals surface area contributed by atoms with E-state index in [1.54, 1.807) is 0 Å². The van der Waals surface area contributed by atoms with Crippen molar-refractivity contribution in [2.75, 3.05) is 23.8 Å². The minimum absolute atomic E-state index is 1.13. The van der Waals surface area contributed by atoms with E-state index in [0.717, 1.165) is 11.9 Å². The minimum atomic E-state index is 1.13. The van der Waals surface area contributed by atoms with Gasteiger partial charge in [-0.2, -0.15) is 0 Å². The Balaban J connectivity index is 2.33. The summed E-state index contributed by atoms with van der Waals surface area (Å²) in [6, 6.07) is 8.73.